The van der Waals surface area contributed by atoms with Crippen molar-refractivity contribution in [1.29, 1.82) is 0 Å². The van der Waals surface area contributed by atoms with Gasteiger partial charge in [-0.1, -0.05) is 34.9 Å². The summed E-state index contributed by atoms with van der Waals surface area (Å²) in [6.07, 6.45) is 3.63. The van der Waals surface area contributed by atoms with Crippen LogP contribution in [0, 0.1) is 0 Å². The summed E-state index contributed by atoms with van der Waals surface area (Å²) in [5, 5.41) is 0. The SMILES string of the molecule is C=CCc1cccc[n+]1C(=O)Oc1ccccc1. The maximum Gasteiger partial charge on any atom is 0.607 e. The topological polar surface area (TPSA) is 30.2 Å². The van der Waals surface area contributed by atoms with Gasteiger partial charge in [0.05, 0.1) is 6.42 Å². The third-order valence-corrected chi connectivity index (χ3v) is 2.44. The molecule has 3 heteroatoms. The van der Waals surface area contributed by atoms with Crippen LogP contribution in [0.25, 0.3) is 0 Å². The average molecular weight is 240 g/mol. The van der Waals surface area contributed by atoms with E-state index in [0.29, 0.717) is 12.2 Å². The van der Waals surface area contributed by atoms with E-state index in [9.17, 15) is 4.79 Å². The Morgan fingerprint density at radius 1 is 1.17 bits per heavy atom. The number of allylic oxidation sites excluding steroid dienone is 1. The van der Waals surface area contributed by atoms with Gasteiger partial charge >= 0.3 is 6.09 Å². The molecule has 1 aromatic carbocycles. The lowest BCUT2D eigenvalue weighted by Gasteiger charge is -2.01. The summed E-state index contributed by atoms with van der Waals surface area (Å²) in [5.74, 6) is 0.531. The van der Waals surface area contributed by atoms with Crippen LogP contribution in [0.3, 0.4) is 0 Å². The molecule has 2 aromatic rings. The summed E-state index contributed by atoms with van der Waals surface area (Å²) in [4.78, 5) is 12.0. The second kappa shape index (κ2) is 5.77. The number of nitrogens with zero attached hydrogens (tertiary/aromatic N) is 1. The predicted octanol–water partition coefficient (Wildman–Crippen LogP) is 2.75. The van der Waals surface area contributed by atoms with Crippen LogP contribution in [0.15, 0.2) is 67.4 Å². The summed E-state index contributed by atoms with van der Waals surface area (Å²) >= 11 is 0. The Morgan fingerprint density at radius 2 is 1.89 bits per heavy atom. The van der Waals surface area contributed by atoms with Gasteiger partial charge in [-0.3, -0.25) is 0 Å². The van der Waals surface area contributed by atoms with E-state index in [1.165, 1.54) is 4.57 Å². The van der Waals surface area contributed by atoms with E-state index in [1.54, 1.807) is 30.5 Å². The van der Waals surface area contributed by atoms with Crippen molar-refractivity contribution in [2.45, 2.75) is 6.42 Å². The fourth-order valence-electron chi connectivity index (χ4n) is 1.61. The maximum atomic E-state index is 12.0. The van der Waals surface area contributed by atoms with Gasteiger partial charge in [-0.15, -0.1) is 6.58 Å². The molecule has 0 aliphatic rings. The number of carbonyl (C=O) groups excluding carboxylic acids is 1. The molecule has 0 aliphatic carbocycles. The lowest BCUT2D eigenvalue weighted by atomic mass is 10.2. The molecule has 0 atom stereocenters. The number of pyridine rings is 1. The summed E-state index contributed by atoms with van der Waals surface area (Å²) < 4.78 is 6.76. The maximum absolute atomic E-state index is 12.0. The molecule has 0 saturated carbocycles. The lowest BCUT2D eigenvalue weighted by Crippen LogP contribution is -2.48. The van der Waals surface area contributed by atoms with Crippen molar-refractivity contribution in [2.24, 2.45) is 0 Å². The molecule has 3 nitrogen and oxygen atoms in total. The Morgan fingerprint density at radius 3 is 2.61 bits per heavy atom. The number of hydrogen-bond donors (Lipinski definition) is 0. The van der Waals surface area contributed by atoms with Gasteiger partial charge < -0.3 is 4.74 Å². The Kier molecular flexibility index (Phi) is 3.86. The molecule has 0 saturated heterocycles. The minimum Gasteiger partial charge on any atom is -0.372 e. The Balaban J connectivity index is 2.21. The van der Waals surface area contributed by atoms with Crippen LogP contribution in [-0.4, -0.2) is 6.09 Å². The largest absolute Gasteiger partial charge is 0.607 e. The second-order valence-electron chi connectivity index (χ2n) is 3.74. The number of rotatable bonds is 3. The predicted molar refractivity (Wildman–Crippen MR) is 68.4 cm³/mol. The van der Waals surface area contributed by atoms with E-state index >= 15 is 0 Å². The van der Waals surface area contributed by atoms with E-state index in [1.807, 2.05) is 30.3 Å². The van der Waals surface area contributed by atoms with Crippen LogP contribution >= 0.6 is 0 Å². The van der Waals surface area contributed by atoms with Gasteiger partial charge in [-0.2, -0.15) is 4.79 Å². The Bertz CT molecular complexity index is 549. The Labute approximate surface area is 106 Å². The van der Waals surface area contributed by atoms with Gasteiger partial charge in [-0.25, -0.2) is 0 Å². The quantitative estimate of drug-likeness (QED) is 0.610. The first-order chi connectivity index (χ1) is 8.81. The number of carbonyl (C=O) groups is 1. The molecule has 0 spiro atoms. The third kappa shape index (κ3) is 2.83. The van der Waals surface area contributed by atoms with Crippen molar-refractivity contribution in [3.8, 4) is 5.75 Å². The molecule has 1 aromatic heterocycles. The molecule has 0 fully saturated rings. The molecule has 0 bridgehead atoms. The van der Waals surface area contributed by atoms with E-state index in [0.717, 1.165) is 5.69 Å². The van der Waals surface area contributed by atoms with Crippen molar-refractivity contribution in [1.82, 2.24) is 0 Å². The number of ether oxygens (including phenoxy) is 1. The molecule has 0 aliphatic heterocycles. The molecule has 0 N–H and O–H groups in total. The molecule has 0 radical (unpaired) electrons. The smallest absolute Gasteiger partial charge is 0.372 e. The molecular formula is C15H14NO2+. The van der Waals surface area contributed by atoms with Gasteiger partial charge in [0.25, 0.3) is 0 Å². The molecule has 2 rings (SSSR count). The third-order valence-electron chi connectivity index (χ3n) is 2.44. The van der Waals surface area contributed by atoms with Gasteiger partial charge in [0.2, 0.25) is 0 Å². The summed E-state index contributed by atoms with van der Waals surface area (Å²) in [5.41, 5.74) is 0.841. The number of hydrogen-bond acceptors (Lipinski definition) is 2. The van der Waals surface area contributed by atoms with E-state index in [-0.39, 0.29) is 0 Å². The zero-order chi connectivity index (χ0) is 12.8. The normalized spacial score (nSPS) is 9.78. The number of aromatic nitrogens is 1. The van der Waals surface area contributed by atoms with Crippen molar-refractivity contribution in [3.05, 3.63) is 73.1 Å². The average Bonchev–Trinajstić information content (AvgIpc) is 2.41. The first-order valence-corrected chi connectivity index (χ1v) is 5.69. The van der Waals surface area contributed by atoms with Crippen LogP contribution in [0.1, 0.15) is 5.69 Å². The van der Waals surface area contributed by atoms with Gasteiger partial charge in [-0.05, 0) is 12.1 Å². The van der Waals surface area contributed by atoms with E-state index < -0.39 is 6.09 Å². The van der Waals surface area contributed by atoms with Crippen LogP contribution in [-0.2, 0) is 6.42 Å². The molecule has 0 unspecified atom stereocenters. The summed E-state index contributed by atoms with van der Waals surface area (Å²) in [7, 11) is 0. The van der Waals surface area contributed by atoms with Crippen LogP contribution < -0.4 is 9.30 Å². The number of benzene rings is 1. The molecular weight excluding hydrogens is 226 g/mol. The highest BCUT2D eigenvalue weighted by atomic mass is 16.6. The summed E-state index contributed by atoms with van der Waals surface area (Å²) in [6.45, 7) is 3.67. The highest BCUT2D eigenvalue weighted by Crippen LogP contribution is 2.08. The standard InChI is InChI=1S/C15H14NO2/c1-2-8-13-9-6-7-12-16(13)15(17)18-14-10-4-3-5-11-14/h2-7,9-12H,1,8H2/q+1. The minimum absolute atomic E-state index is 0.418. The van der Waals surface area contributed by atoms with Crippen LogP contribution in [0.4, 0.5) is 4.79 Å². The van der Waals surface area contributed by atoms with E-state index in [4.69, 9.17) is 4.74 Å². The highest BCUT2D eigenvalue weighted by Gasteiger charge is 2.21. The van der Waals surface area contributed by atoms with Crippen molar-refractivity contribution < 1.29 is 14.1 Å². The second-order valence-corrected chi connectivity index (χ2v) is 3.74. The number of para-hydroxylation sites is 1. The summed E-state index contributed by atoms with van der Waals surface area (Å²) in [6, 6.07) is 14.5. The highest BCUT2D eigenvalue weighted by molar-refractivity contribution is 5.61. The fourth-order valence-corrected chi connectivity index (χ4v) is 1.61. The van der Waals surface area contributed by atoms with E-state index in [2.05, 4.69) is 6.58 Å². The van der Waals surface area contributed by atoms with Crippen LogP contribution in [0.5, 0.6) is 5.75 Å². The van der Waals surface area contributed by atoms with Gasteiger partial charge in [0.15, 0.2) is 11.9 Å². The molecule has 1 heterocycles. The first-order valence-electron chi connectivity index (χ1n) is 5.69. The zero-order valence-electron chi connectivity index (χ0n) is 9.95. The molecule has 90 valence electrons. The monoisotopic (exact) mass is 240 g/mol. The first kappa shape index (κ1) is 12.0. The minimum atomic E-state index is -0.418. The lowest BCUT2D eigenvalue weighted by molar-refractivity contribution is -0.590. The molecule has 0 amide bonds. The van der Waals surface area contributed by atoms with Crippen molar-refractivity contribution in [2.75, 3.05) is 0 Å². The van der Waals surface area contributed by atoms with Crippen molar-refractivity contribution >= 4 is 6.09 Å². The Hall–Kier alpha value is -2.42. The molecule has 18 heavy (non-hydrogen) atoms. The zero-order valence-corrected chi connectivity index (χ0v) is 9.95. The van der Waals surface area contributed by atoms with Gasteiger partial charge in [0.1, 0.15) is 5.75 Å². The van der Waals surface area contributed by atoms with Crippen molar-refractivity contribution in [3.63, 3.8) is 0 Å². The fraction of sp³-hybridized carbons (Fsp3) is 0.0667. The van der Waals surface area contributed by atoms with Gasteiger partial charge in [0, 0.05) is 12.1 Å². The van der Waals surface area contributed by atoms with Crippen LogP contribution in [0.2, 0.25) is 0 Å².